The van der Waals surface area contributed by atoms with Gasteiger partial charge in [0.2, 0.25) is 0 Å². The molecule has 0 amide bonds. The van der Waals surface area contributed by atoms with Crippen LogP contribution in [-0.4, -0.2) is 9.38 Å². The molecule has 4 aromatic carbocycles. The maximum absolute atomic E-state index is 13.8. The molecule has 33 heavy (non-hydrogen) atoms. The van der Waals surface area contributed by atoms with E-state index in [-0.39, 0.29) is 5.56 Å². The number of pyridine rings is 1. The van der Waals surface area contributed by atoms with E-state index >= 15 is 0 Å². The van der Waals surface area contributed by atoms with E-state index in [2.05, 4.69) is 36.4 Å². The molecule has 3 heteroatoms. The average molecular weight is 425 g/mol. The molecule has 0 atom stereocenters. The minimum Gasteiger partial charge on any atom is -0.268 e. The molecule has 0 saturated heterocycles. The molecule has 6 aromatic rings. The largest absolute Gasteiger partial charge is 0.268 e. The molecule has 0 aliphatic rings. The molecular formula is C30H20N2O. The summed E-state index contributed by atoms with van der Waals surface area (Å²) in [4.78, 5) is 18.7. The number of nitrogens with zero attached hydrogens (tertiary/aromatic N) is 2. The fourth-order valence-corrected chi connectivity index (χ4v) is 4.52. The summed E-state index contributed by atoms with van der Waals surface area (Å²) in [5.41, 5.74) is 7.29. The van der Waals surface area contributed by atoms with Gasteiger partial charge in [-0.15, -0.1) is 0 Å². The van der Waals surface area contributed by atoms with Crippen molar-refractivity contribution in [1.29, 1.82) is 0 Å². The zero-order valence-electron chi connectivity index (χ0n) is 17.8. The molecule has 0 aliphatic carbocycles. The molecule has 0 radical (unpaired) electrons. The number of hydrogen-bond acceptors (Lipinski definition) is 2. The Bertz CT molecular complexity index is 1650. The van der Waals surface area contributed by atoms with Crippen LogP contribution in [0.2, 0.25) is 0 Å². The number of fused-ring (bicyclic) bond motifs is 2. The van der Waals surface area contributed by atoms with Crippen molar-refractivity contribution < 1.29 is 0 Å². The van der Waals surface area contributed by atoms with Crippen molar-refractivity contribution in [3.8, 4) is 33.5 Å². The van der Waals surface area contributed by atoms with Gasteiger partial charge in [-0.1, -0.05) is 103 Å². The van der Waals surface area contributed by atoms with Crippen molar-refractivity contribution in [2.24, 2.45) is 0 Å². The highest BCUT2D eigenvalue weighted by Crippen LogP contribution is 2.40. The van der Waals surface area contributed by atoms with Gasteiger partial charge in [0.15, 0.2) is 0 Å². The van der Waals surface area contributed by atoms with E-state index in [9.17, 15) is 4.79 Å². The van der Waals surface area contributed by atoms with Crippen LogP contribution in [0.25, 0.3) is 50.1 Å². The zero-order chi connectivity index (χ0) is 22.2. The van der Waals surface area contributed by atoms with Gasteiger partial charge in [0, 0.05) is 5.56 Å². The van der Waals surface area contributed by atoms with E-state index in [1.54, 1.807) is 4.40 Å². The van der Waals surface area contributed by atoms with Crippen LogP contribution in [0.5, 0.6) is 0 Å². The normalized spacial score (nSPS) is 11.2. The molecule has 0 bridgehead atoms. The van der Waals surface area contributed by atoms with E-state index in [0.29, 0.717) is 16.6 Å². The maximum Gasteiger partial charge on any atom is 0.266 e. The summed E-state index contributed by atoms with van der Waals surface area (Å²) in [6.45, 7) is 0. The summed E-state index contributed by atoms with van der Waals surface area (Å²) in [5, 5.41) is 0.610. The second kappa shape index (κ2) is 7.88. The molecule has 6 rings (SSSR count). The summed E-state index contributed by atoms with van der Waals surface area (Å²) >= 11 is 0. The monoisotopic (exact) mass is 424 g/mol. The molecule has 2 heterocycles. The second-order valence-electron chi connectivity index (χ2n) is 8.01. The predicted molar refractivity (Wildman–Crippen MR) is 135 cm³/mol. The van der Waals surface area contributed by atoms with Gasteiger partial charge in [-0.2, -0.15) is 0 Å². The second-order valence-corrected chi connectivity index (χ2v) is 8.01. The SMILES string of the molecule is O=c1c2ccccc2nc2cc(-c3ccccc3)c(-c3ccccc3)c(-c3ccccc3)n12. The third kappa shape index (κ3) is 3.22. The van der Waals surface area contributed by atoms with Crippen LogP contribution >= 0.6 is 0 Å². The maximum atomic E-state index is 13.8. The standard InChI is InChI=1S/C30H20N2O/c33-30-24-18-10-11-19-26(24)31-27-20-25(21-12-4-1-5-13-21)28(22-14-6-2-7-15-22)29(32(27)30)23-16-8-3-9-17-23/h1-20H. The number of benzene rings is 4. The Morgan fingerprint density at radius 1 is 0.576 bits per heavy atom. The molecule has 156 valence electrons. The van der Waals surface area contributed by atoms with Gasteiger partial charge in [0.05, 0.1) is 16.6 Å². The Balaban J connectivity index is 1.88. The lowest BCUT2D eigenvalue weighted by Crippen LogP contribution is -2.18. The summed E-state index contributed by atoms with van der Waals surface area (Å²) in [6, 6.07) is 40.3. The summed E-state index contributed by atoms with van der Waals surface area (Å²) in [6.07, 6.45) is 0. The van der Waals surface area contributed by atoms with Crippen LogP contribution in [-0.2, 0) is 0 Å². The third-order valence-corrected chi connectivity index (χ3v) is 6.00. The minimum atomic E-state index is -0.0637. The summed E-state index contributed by atoms with van der Waals surface area (Å²) in [7, 11) is 0. The lowest BCUT2D eigenvalue weighted by molar-refractivity contribution is 1.09. The first kappa shape index (κ1) is 19.2. The summed E-state index contributed by atoms with van der Waals surface area (Å²) in [5.74, 6) is 0. The molecule has 0 N–H and O–H groups in total. The number of para-hydroxylation sites is 1. The fraction of sp³-hybridized carbons (Fsp3) is 0. The third-order valence-electron chi connectivity index (χ3n) is 6.00. The smallest absolute Gasteiger partial charge is 0.266 e. The average Bonchev–Trinajstić information content (AvgIpc) is 2.89. The molecule has 0 unspecified atom stereocenters. The van der Waals surface area contributed by atoms with Gasteiger partial charge in [0.25, 0.3) is 5.56 Å². The van der Waals surface area contributed by atoms with Crippen molar-refractivity contribution in [2.75, 3.05) is 0 Å². The Kier molecular flexibility index (Phi) is 4.59. The lowest BCUT2D eigenvalue weighted by atomic mass is 9.90. The topological polar surface area (TPSA) is 34.4 Å². The van der Waals surface area contributed by atoms with Crippen LogP contribution in [0, 0.1) is 0 Å². The zero-order valence-corrected chi connectivity index (χ0v) is 17.8. The molecule has 0 saturated carbocycles. The Morgan fingerprint density at radius 2 is 1.12 bits per heavy atom. The van der Waals surface area contributed by atoms with E-state index in [0.717, 1.165) is 33.5 Å². The van der Waals surface area contributed by atoms with Gasteiger partial charge in [-0.25, -0.2) is 4.98 Å². The van der Waals surface area contributed by atoms with Gasteiger partial charge in [-0.3, -0.25) is 9.20 Å². The van der Waals surface area contributed by atoms with Crippen molar-refractivity contribution >= 4 is 16.6 Å². The van der Waals surface area contributed by atoms with E-state index < -0.39 is 0 Å². The highest BCUT2D eigenvalue weighted by Gasteiger charge is 2.20. The van der Waals surface area contributed by atoms with Crippen LogP contribution < -0.4 is 5.56 Å². The first-order chi connectivity index (χ1) is 16.3. The van der Waals surface area contributed by atoms with Crippen molar-refractivity contribution in [2.45, 2.75) is 0 Å². The van der Waals surface area contributed by atoms with E-state index in [1.807, 2.05) is 84.9 Å². The van der Waals surface area contributed by atoms with Gasteiger partial charge in [0.1, 0.15) is 5.65 Å². The van der Waals surface area contributed by atoms with Gasteiger partial charge >= 0.3 is 0 Å². The molecule has 0 aliphatic heterocycles. The number of rotatable bonds is 3. The van der Waals surface area contributed by atoms with Crippen LogP contribution in [0.15, 0.2) is 126 Å². The highest BCUT2D eigenvalue weighted by atomic mass is 16.1. The number of aromatic nitrogens is 2. The molecular weight excluding hydrogens is 404 g/mol. The van der Waals surface area contributed by atoms with Crippen LogP contribution in [0.1, 0.15) is 0 Å². The minimum absolute atomic E-state index is 0.0637. The molecule has 0 fully saturated rings. The van der Waals surface area contributed by atoms with Crippen molar-refractivity contribution in [3.05, 3.63) is 132 Å². The van der Waals surface area contributed by atoms with E-state index in [1.165, 1.54) is 0 Å². The number of hydrogen-bond donors (Lipinski definition) is 0. The van der Waals surface area contributed by atoms with Crippen molar-refractivity contribution in [3.63, 3.8) is 0 Å². The van der Waals surface area contributed by atoms with Gasteiger partial charge < -0.3 is 0 Å². The van der Waals surface area contributed by atoms with Crippen LogP contribution in [0.3, 0.4) is 0 Å². The summed E-state index contributed by atoms with van der Waals surface area (Å²) < 4.78 is 1.77. The molecule has 2 aromatic heterocycles. The first-order valence-corrected chi connectivity index (χ1v) is 11.0. The molecule has 0 spiro atoms. The first-order valence-electron chi connectivity index (χ1n) is 11.0. The Hall–Kier alpha value is -4.50. The lowest BCUT2D eigenvalue weighted by Gasteiger charge is -2.20. The quantitative estimate of drug-likeness (QED) is 0.291. The van der Waals surface area contributed by atoms with Crippen molar-refractivity contribution in [1.82, 2.24) is 9.38 Å². The fourth-order valence-electron chi connectivity index (χ4n) is 4.52. The van der Waals surface area contributed by atoms with Crippen LogP contribution in [0.4, 0.5) is 0 Å². The highest BCUT2D eigenvalue weighted by molar-refractivity contribution is 5.96. The Morgan fingerprint density at radius 3 is 1.79 bits per heavy atom. The van der Waals surface area contributed by atoms with Gasteiger partial charge in [-0.05, 0) is 40.5 Å². The Labute approximate surface area is 191 Å². The molecule has 3 nitrogen and oxygen atoms in total. The predicted octanol–water partition coefficient (Wildman–Crippen LogP) is 6.85. The van der Waals surface area contributed by atoms with E-state index in [4.69, 9.17) is 4.98 Å².